The zero-order valence-corrected chi connectivity index (χ0v) is 9.21. The maximum Gasteiger partial charge on any atom is 0.303 e. The Balaban J connectivity index is 2.35. The second-order valence-electron chi connectivity index (χ2n) is 5.07. The standard InChI is InChI=1S/C12H17NO2/c1-12(2)4-3-8-6-13-7-9(8)10(12)5-11(14)15/h6-7,10,13H,3-5H2,1-2H3,(H,14,15). The molecular weight excluding hydrogens is 190 g/mol. The van der Waals surface area contributed by atoms with Gasteiger partial charge in [-0.05, 0) is 29.4 Å². The van der Waals surface area contributed by atoms with Gasteiger partial charge in [0.15, 0.2) is 0 Å². The van der Waals surface area contributed by atoms with Crippen molar-refractivity contribution in [3.8, 4) is 0 Å². The minimum Gasteiger partial charge on any atom is -0.481 e. The van der Waals surface area contributed by atoms with Crippen molar-refractivity contribution in [3.05, 3.63) is 23.5 Å². The lowest BCUT2D eigenvalue weighted by Crippen LogP contribution is -2.29. The summed E-state index contributed by atoms with van der Waals surface area (Å²) >= 11 is 0. The molecule has 0 spiro atoms. The second-order valence-corrected chi connectivity index (χ2v) is 5.07. The van der Waals surface area contributed by atoms with Crippen LogP contribution in [0.25, 0.3) is 0 Å². The summed E-state index contributed by atoms with van der Waals surface area (Å²) in [5, 5.41) is 8.95. The molecule has 1 aromatic heterocycles. The molecule has 0 fully saturated rings. The molecule has 2 N–H and O–H groups in total. The van der Waals surface area contributed by atoms with Gasteiger partial charge < -0.3 is 10.1 Å². The molecule has 0 aromatic carbocycles. The Bertz CT molecular complexity index is 379. The highest BCUT2D eigenvalue weighted by Crippen LogP contribution is 2.46. The van der Waals surface area contributed by atoms with Crippen LogP contribution in [-0.2, 0) is 11.2 Å². The van der Waals surface area contributed by atoms with E-state index in [1.165, 1.54) is 11.1 Å². The van der Waals surface area contributed by atoms with Crippen LogP contribution in [0.2, 0.25) is 0 Å². The van der Waals surface area contributed by atoms with Gasteiger partial charge in [0, 0.05) is 18.3 Å². The van der Waals surface area contributed by atoms with Crippen molar-refractivity contribution in [1.82, 2.24) is 4.98 Å². The Hall–Kier alpha value is -1.25. The highest BCUT2D eigenvalue weighted by Gasteiger charge is 2.37. The van der Waals surface area contributed by atoms with E-state index in [0.29, 0.717) is 0 Å². The van der Waals surface area contributed by atoms with E-state index in [0.717, 1.165) is 12.8 Å². The molecule has 3 nitrogen and oxygen atoms in total. The van der Waals surface area contributed by atoms with Crippen LogP contribution >= 0.6 is 0 Å². The van der Waals surface area contributed by atoms with Crippen molar-refractivity contribution in [2.75, 3.05) is 0 Å². The number of carbonyl (C=O) groups is 1. The highest BCUT2D eigenvalue weighted by molar-refractivity contribution is 5.68. The van der Waals surface area contributed by atoms with E-state index in [4.69, 9.17) is 5.11 Å². The minimum atomic E-state index is -0.706. The average Bonchev–Trinajstić information content (AvgIpc) is 2.57. The largest absolute Gasteiger partial charge is 0.481 e. The molecule has 1 aromatic rings. The lowest BCUT2D eigenvalue weighted by Gasteiger charge is -2.38. The fraction of sp³-hybridized carbons (Fsp3) is 0.583. The van der Waals surface area contributed by atoms with E-state index in [1.807, 2.05) is 12.4 Å². The van der Waals surface area contributed by atoms with E-state index < -0.39 is 5.97 Å². The zero-order valence-electron chi connectivity index (χ0n) is 9.21. The predicted octanol–water partition coefficient (Wildman–Crippen LogP) is 2.55. The molecule has 0 saturated heterocycles. The van der Waals surface area contributed by atoms with E-state index in [1.54, 1.807) is 0 Å². The van der Waals surface area contributed by atoms with Crippen LogP contribution in [0.3, 0.4) is 0 Å². The number of hydrogen-bond acceptors (Lipinski definition) is 1. The highest BCUT2D eigenvalue weighted by atomic mass is 16.4. The van der Waals surface area contributed by atoms with Gasteiger partial charge in [0.1, 0.15) is 0 Å². The molecule has 82 valence electrons. The average molecular weight is 207 g/mol. The summed E-state index contributed by atoms with van der Waals surface area (Å²) in [6, 6.07) is 0. The predicted molar refractivity (Wildman–Crippen MR) is 57.9 cm³/mol. The maximum atomic E-state index is 10.9. The molecule has 15 heavy (non-hydrogen) atoms. The van der Waals surface area contributed by atoms with Gasteiger partial charge in [-0.1, -0.05) is 13.8 Å². The number of carboxylic acids is 1. The Labute approximate surface area is 89.5 Å². The quantitative estimate of drug-likeness (QED) is 0.783. The third-order valence-electron chi connectivity index (χ3n) is 3.60. The van der Waals surface area contributed by atoms with Crippen LogP contribution in [0.5, 0.6) is 0 Å². The molecule has 1 atom stereocenters. The molecule has 0 amide bonds. The molecule has 1 aliphatic carbocycles. The topological polar surface area (TPSA) is 53.1 Å². The van der Waals surface area contributed by atoms with E-state index in [-0.39, 0.29) is 17.8 Å². The summed E-state index contributed by atoms with van der Waals surface area (Å²) in [7, 11) is 0. The van der Waals surface area contributed by atoms with Gasteiger partial charge in [-0.2, -0.15) is 0 Å². The lowest BCUT2D eigenvalue weighted by atomic mass is 9.66. The van der Waals surface area contributed by atoms with Gasteiger partial charge in [-0.15, -0.1) is 0 Å². The van der Waals surface area contributed by atoms with E-state index in [9.17, 15) is 4.79 Å². The first kappa shape index (κ1) is 10.3. The number of aliphatic carboxylic acids is 1. The van der Waals surface area contributed by atoms with Crippen LogP contribution in [0.4, 0.5) is 0 Å². The van der Waals surface area contributed by atoms with Crippen LogP contribution < -0.4 is 0 Å². The Morgan fingerprint density at radius 3 is 3.00 bits per heavy atom. The molecule has 0 bridgehead atoms. The van der Waals surface area contributed by atoms with Crippen molar-refractivity contribution in [2.45, 2.75) is 39.0 Å². The second kappa shape index (κ2) is 3.40. The first-order chi connectivity index (χ1) is 7.00. The van der Waals surface area contributed by atoms with Crippen LogP contribution in [0.15, 0.2) is 12.4 Å². The lowest BCUT2D eigenvalue weighted by molar-refractivity contribution is -0.138. The number of H-pyrrole nitrogens is 1. The van der Waals surface area contributed by atoms with Crippen LogP contribution in [0, 0.1) is 5.41 Å². The molecule has 0 saturated carbocycles. The zero-order chi connectivity index (χ0) is 11.1. The van der Waals surface area contributed by atoms with Crippen molar-refractivity contribution < 1.29 is 9.90 Å². The van der Waals surface area contributed by atoms with E-state index >= 15 is 0 Å². The molecule has 0 radical (unpaired) electrons. The number of aromatic amines is 1. The number of hydrogen-bond donors (Lipinski definition) is 2. The molecule has 0 aliphatic heterocycles. The Kier molecular flexibility index (Phi) is 2.33. The fourth-order valence-corrected chi connectivity index (χ4v) is 2.56. The summed E-state index contributed by atoms with van der Waals surface area (Å²) in [5.74, 6) is -0.563. The van der Waals surface area contributed by atoms with Gasteiger partial charge in [-0.25, -0.2) is 0 Å². The van der Waals surface area contributed by atoms with Gasteiger partial charge in [-0.3, -0.25) is 4.79 Å². The van der Waals surface area contributed by atoms with Crippen LogP contribution in [0.1, 0.15) is 43.7 Å². The van der Waals surface area contributed by atoms with Gasteiger partial charge in [0.25, 0.3) is 0 Å². The third-order valence-corrected chi connectivity index (χ3v) is 3.60. The summed E-state index contributed by atoms with van der Waals surface area (Å²) < 4.78 is 0. The van der Waals surface area contributed by atoms with Gasteiger partial charge in [0.2, 0.25) is 0 Å². The molecule has 1 heterocycles. The van der Waals surface area contributed by atoms with Crippen molar-refractivity contribution >= 4 is 5.97 Å². The number of nitrogens with one attached hydrogen (secondary N) is 1. The molecular formula is C12H17NO2. The summed E-state index contributed by atoms with van der Waals surface area (Å²) in [4.78, 5) is 14.0. The first-order valence-corrected chi connectivity index (χ1v) is 5.38. The fourth-order valence-electron chi connectivity index (χ4n) is 2.56. The van der Waals surface area contributed by atoms with Crippen molar-refractivity contribution in [2.24, 2.45) is 5.41 Å². The third kappa shape index (κ3) is 1.78. The van der Waals surface area contributed by atoms with Crippen molar-refractivity contribution in [1.29, 1.82) is 0 Å². The number of carboxylic acid groups (broad SMARTS) is 1. The van der Waals surface area contributed by atoms with Crippen molar-refractivity contribution in [3.63, 3.8) is 0 Å². The van der Waals surface area contributed by atoms with Gasteiger partial charge in [0.05, 0.1) is 6.42 Å². The monoisotopic (exact) mass is 207 g/mol. The summed E-state index contributed by atoms with van der Waals surface area (Å²) in [6.07, 6.45) is 6.32. The molecule has 3 heteroatoms. The van der Waals surface area contributed by atoms with E-state index in [2.05, 4.69) is 18.8 Å². The number of rotatable bonds is 2. The summed E-state index contributed by atoms with van der Waals surface area (Å²) in [6.45, 7) is 4.33. The smallest absolute Gasteiger partial charge is 0.303 e. The molecule has 1 aliphatic rings. The molecule has 1 unspecified atom stereocenters. The first-order valence-electron chi connectivity index (χ1n) is 5.38. The Morgan fingerprint density at radius 2 is 2.33 bits per heavy atom. The SMILES string of the molecule is CC1(C)CCc2c[nH]cc2C1CC(=O)O. The van der Waals surface area contributed by atoms with Crippen LogP contribution in [-0.4, -0.2) is 16.1 Å². The summed E-state index contributed by atoms with van der Waals surface area (Å²) in [5.41, 5.74) is 2.59. The maximum absolute atomic E-state index is 10.9. The number of aryl methyl sites for hydroxylation is 1. The number of aromatic nitrogens is 1. The Morgan fingerprint density at radius 1 is 1.60 bits per heavy atom. The minimum absolute atomic E-state index is 0.0909. The van der Waals surface area contributed by atoms with Gasteiger partial charge >= 0.3 is 5.97 Å². The number of fused-ring (bicyclic) bond motifs is 1. The molecule has 2 rings (SSSR count). The normalized spacial score (nSPS) is 23.5.